The summed E-state index contributed by atoms with van der Waals surface area (Å²) in [5, 5.41) is 0. The Balaban J connectivity index is 1.64. The Morgan fingerprint density at radius 3 is 2.62 bits per heavy atom. The number of methoxy groups -OCH3 is 1. The van der Waals surface area contributed by atoms with Gasteiger partial charge in [0, 0.05) is 16.0 Å². The third-order valence-electron chi connectivity index (χ3n) is 3.69. The summed E-state index contributed by atoms with van der Waals surface area (Å²) in [4.78, 5) is 0. The van der Waals surface area contributed by atoms with Crippen LogP contribution in [0.3, 0.4) is 0 Å². The standard InChI is InChI=1S/C17H17BrO3/c1-11-15-9-13(18)5-8-16(15)21-17(11)20-10-12-3-6-14(19-2)7-4-12/h3-9,11,17H,10H2,1-2H3/t11-,17+/m0/s1. The number of halogens is 1. The molecule has 1 aliphatic rings. The van der Waals surface area contributed by atoms with E-state index in [1.807, 2.05) is 36.4 Å². The highest BCUT2D eigenvalue weighted by Crippen LogP contribution is 2.40. The van der Waals surface area contributed by atoms with Crippen LogP contribution in [0.1, 0.15) is 24.0 Å². The Morgan fingerprint density at radius 2 is 1.90 bits per heavy atom. The van der Waals surface area contributed by atoms with E-state index in [1.54, 1.807) is 7.11 Å². The lowest BCUT2D eigenvalue weighted by molar-refractivity contribution is -0.0875. The van der Waals surface area contributed by atoms with Crippen molar-refractivity contribution in [3.63, 3.8) is 0 Å². The molecule has 0 saturated carbocycles. The second-order valence-electron chi connectivity index (χ2n) is 5.12. The average Bonchev–Trinajstić information content (AvgIpc) is 2.82. The maximum absolute atomic E-state index is 5.92. The van der Waals surface area contributed by atoms with Crippen molar-refractivity contribution in [2.24, 2.45) is 0 Å². The monoisotopic (exact) mass is 348 g/mol. The highest BCUT2D eigenvalue weighted by molar-refractivity contribution is 9.10. The summed E-state index contributed by atoms with van der Waals surface area (Å²) in [6.07, 6.45) is -0.239. The normalized spacial score (nSPS) is 20.0. The molecular weight excluding hydrogens is 332 g/mol. The van der Waals surface area contributed by atoms with Crippen LogP contribution in [0.2, 0.25) is 0 Å². The molecule has 0 aromatic heterocycles. The molecule has 0 bridgehead atoms. The predicted octanol–water partition coefficient (Wildman–Crippen LogP) is 4.50. The van der Waals surface area contributed by atoms with Gasteiger partial charge in [-0.3, -0.25) is 0 Å². The minimum Gasteiger partial charge on any atom is -0.497 e. The summed E-state index contributed by atoms with van der Waals surface area (Å²) in [6, 6.07) is 13.9. The van der Waals surface area contributed by atoms with Crippen LogP contribution in [0.15, 0.2) is 46.9 Å². The van der Waals surface area contributed by atoms with Gasteiger partial charge < -0.3 is 14.2 Å². The molecule has 0 radical (unpaired) electrons. The van der Waals surface area contributed by atoms with E-state index in [0.717, 1.165) is 21.5 Å². The van der Waals surface area contributed by atoms with Gasteiger partial charge in [0.05, 0.1) is 13.7 Å². The first kappa shape index (κ1) is 14.4. The van der Waals surface area contributed by atoms with Crippen LogP contribution in [-0.2, 0) is 11.3 Å². The van der Waals surface area contributed by atoms with Crippen molar-refractivity contribution >= 4 is 15.9 Å². The third-order valence-corrected chi connectivity index (χ3v) is 4.18. The minimum atomic E-state index is -0.239. The zero-order valence-electron chi connectivity index (χ0n) is 12.0. The Bertz CT molecular complexity index is 624. The van der Waals surface area contributed by atoms with Gasteiger partial charge in [-0.2, -0.15) is 0 Å². The molecule has 0 fully saturated rings. The zero-order valence-corrected chi connectivity index (χ0v) is 13.6. The molecule has 1 heterocycles. The van der Waals surface area contributed by atoms with Crippen molar-refractivity contribution in [2.75, 3.05) is 7.11 Å². The van der Waals surface area contributed by atoms with Gasteiger partial charge in [-0.25, -0.2) is 0 Å². The second kappa shape index (κ2) is 6.08. The predicted molar refractivity (Wildman–Crippen MR) is 84.8 cm³/mol. The molecule has 0 amide bonds. The molecule has 3 rings (SSSR count). The van der Waals surface area contributed by atoms with E-state index in [9.17, 15) is 0 Å². The summed E-state index contributed by atoms with van der Waals surface area (Å²) in [7, 11) is 1.66. The highest BCUT2D eigenvalue weighted by Gasteiger charge is 2.31. The molecule has 110 valence electrons. The number of benzene rings is 2. The van der Waals surface area contributed by atoms with Crippen LogP contribution in [-0.4, -0.2) is 13.4 Å². The Morgan fingerprint density at radius 1 is 1.14 bits per heavy atom. The van der Waals surface area contributed by atoms with Gasteiger partial charge in [-0.15, -0.1) is 0 Å². The first-order valence-electron chi connectivity index (χ1n) is 6.88. The van der Waals surface area contributed by atoms with Crippen LogP contribution in [0.5, 0.6) is 11.5 Å². The smallest absolute Gasteiger partial charge is 0.206 e. The van der Waals surface area contributed by atoms with E-state index in [0.29, 0.717) is 6.61 Å². The Hall–Kier alpha value is -1.52. The molecule has 0 saturated heterocycles. The summed E-state index contributed by atoms with van der Waals surface area (Å²) in [5.41, 5.74) is 2.29. The van der Waals surface area contributed by atoms with E-state index in [1.165, 1.54) is 5.56 Å². The number of hydrogen-bond donors (Lipinski definition) is 0. The fraction of sp³-hybridized carbons (Fsp3) is 0.294. The molecule has 0 N–H and O–H groups in total. The number of hydrogen-bond acceptors (Lipinski definition) is 3. The SMILES string of the molecule is COc1ccc(CO[C@@H]2Oc3ccc(Br)cc3[C@@H]2C)cc1. The fourth-order valence-corrected chi connectivity index (χ4v) is 2.81. The van der Waals surface area contributed by atoms with E-state index >= 15 is 0 Å². The Kier molecular flexibility index (Phi) is 4.17. The molecule has 2 aromatic rings. The van der Waals surface area contributed by atoms with Gasteiger partial charge in [0.15, 0.2) is 0 Å². The van der Waals surface area contributed by atoms with Crippen molar-refractivity contribution in [1.82, 2.24) is 0 Å². The molecular formula is C17H17BrO3. The van der Waals surface area contributed by atoms with Gasteiger partial charge in [0.25, 0.3) is 0 Å². The van der Waals surface area contributed by atoms with E-state index < -0.39 is 0 Å². The van der Waals surface area contributed by atoms with E-state index in [4.69, 9.17) is 14.2 Å². The van der Waals surface area contributed by atoms with Gasteiger partial charge in [-0.05, 0) is 35.9 Å². The van der Waals surface area contributed by atoms with Crippen molar-refractivity contribution < 1.29 is 14.2 Å². The van der Waals surface area contributed by atoms with Crippen molar-refractivity contribution in [3.8, 4) is 11.5 Å². The van der Waals surface area contributed by atoms with Crippen LogP contribution >= 0.6 is 15.9 Å². The molecule has 1 aliphatic heterocycles. The van der Waals surface area contributed by atoms with Gasteiger partial charge >= 0.3 is 0 Å². The van der Waals surface area contributed by atoms with Crippen LogP contribution in [0.25, 0.3) is 0 Å². The largest absolute Gasteiger partial charge is 0.497 e. The first-order chi connectivity index (χ1) is 10.2. The lowest BCUT2D eigenvalue weighted by atomic mass is 10.0. The maximum Gasteiger partial charge on any atom is 0.206 e. The zero-order chi connectivity index (χ0) is 14.8. The molecule has 3 nitrogen and oxygen atoms in total. The minimum absolute atomic E-state index is 0.218. The topological polar surface area (TPSA) is 27.7 Å². The fourth-order valence-electron chi connectivity index (χ4n) is 2.43. The molecule has 21 heavy (non-hydrogen) atoms. The molecule has 4 heteroatoms. The summed E-state index contributed by atoms with van der Waals surface area (Å²) in [5.74, 6) is 1.97. The van der Waals surface area contributed by atoms with E-state index in [-0.39, 0.29) is 12.2 Å². The van der Waals surface area contributed by atoms with Crippen molar-refractivity contribution in [1.29, 1.82) is 0 Å². The lowest BCUT2D eigenvalue weighted by Crippen LogP contribution is -2.20. The first-order valence-corrected chi connectivity index (χ1v) is 7.67. The van der Waals surface area contributed by atoms with Crippen molar-refractivity contribution in [3.05, 3.63) is 58.1 Å². The summed E-state index contributed by atoms with van der Waals surface area (Å²) >= 11 is 3.49. The quantitative estimate of drug-likeness (QED) is 0.814. The lowest BCUT2D eigenvalue weighted by Gasteiger charge is -2.16. The summed E-state index contributed by atoms with van der Waals surface area (Å²) in [6.45, 7) is 2.64. The average molecular weight is 349 g/mol. The highest BCUT2D eigenvalue weighted by atomic mass is 79.9. The van der Waals surface area contributed by atoms with Gasteiger partial charge in [0.2, 0.25) is 6.29 Å². The van der Waals surface area contributed by atoms with Gasteiger partial charge in [-0.1, -0.05) is 35.0 Å². The Labute approximate surface area is 133 Å². The maximum atomic E-state index is 5.92. The van der Waals surface area contributed by atoms with E-state index in [2.05, 4.69) is 28.9 Å². The second-order valence-corrected chi connectivity index (χ2v) is 6.03. The number of rotatable bonds is 4. The summed E-state index contributed by atoms with van der Waals surface area (Å²) < 4.78 is 18.0. The van der Waals surface area contributed by atoms with Gasteiger partial charge in [0.1, 0.15) is 11.5 Å². The van der Waals surface area contributed by atoms with Crippen LogP contribution < -0.4 is 9.47 Å². The third kappa shape index (κ3) is 3.06. The molecule has 0 spiro atoms. The number of fused-ring (bicyclic) bond motifs is 1. The molecule has 0 unspecified atom stereocenters. The molecule has 2 atom stereocenters. The number of ether oxygens (including phenoxy) is 3. The van der Waals surface area contributed by atoms with Crippen LogP contribution in [0, 0.1) is 0 Å². The molecule has 2 aromatic carbocycles. The van der Waals surface area contributed by atoms with Crippen LogP contribution in [0.4, 0.5) is 0 Å². The molecule has 0 aliphatic carbocycles. The van der Waals surface area contributed by atoms with Crippen molar-refractivity contribution in [2.45, 2.75) is 25.7 Å².